The third-order valence-corrected chi connectivity index (χ3v) is 4.54. The second-order valence-corrected chi connectivity index (χ2v) is 7.98. The van der Waals surface area contributed by atoms with Gasteiger partial charge in [0.25, 0.3) is 5.91 Å². The molecule has 1 aromatic heterocycles. The fourth-order valence-corrected chi connectivity index (χ4v) is 3.49. The minimum absolute atomic E-state index is 0.0532. The summed E-state index contributed by atoms with van der Waals surface area (Å²) in [5, 5.41) is 3.98. The summed E-state index contributed by atoms with van der Waals surface area (Å²) in [6, 6.07) is 8.77. The van der Waals surface area contributed by atoms with E-state index in [1.807, 2.05) is 16.8 Å². The van der Waals surface area contributed by atoms with Gasteiger partial charge in [-0.1, -0.05) is 12.1 Å². The maximum atomic E-state index is 12.4. The molecular formula is C15H17NO3S2. The van der Waals surface area contributed by atoms with E-state index in [0.717, 1.165) is 5.56 Å². The topological polar surface area (TPSA) is 54.5 Å². The summed E-state index contributed by atoms with van der Waals surface area (Å²) < 4.78 is 22.7. The van der Waals surface area contributed by atoms with Crippen LogP contribution in [-0.2, 0) is 22.1 Å². The average Bonchev–Trinajstić information content (AvgIpc) is 2.89. The number of carbonyl (C=O) groups is 1. The Morgan fingerprint density at radius 2 is 2.00 bits per heavy atom. The number of rotatable bonds is 5. The molecule has 0 spiro atoms. The molecule has 0 fully saturated rings. The van der Waals surface area contributed by atoms with Crippen LogP contribution in [0.25, 0.3) is 0 Å². The normalized spacial score (nSPS) is 11.3. The van der Waals surface area contributed by atoms with E-state index >= 15 is 0 Å². The molecule has 1 amide bonds. The molecule has 0 N–H and O–H groups in total. The lowest BCUT2D eigenvalue weighted by Gasteiger charge is -2.17. The fourth-order valence-electron chi connectivity index (χ4n) is 2.05. The number of hydrogen-bond acceptors (Lipinski definition) is 4. The molecule has 0 saturated carbocycles. The van der Waals surface area contributed by atoms with Crippen molar-refractivity contribution in [2.24, 2.45) is 0 Å². The first-order valence-electron chi connectivity index (χ1n) is 6.38. The minimum Gasteiger partial charge on any atom is -0.337 e. The van der Waals surface area contributed by atoms with Crippen LogP contribution < -0.4 is 0 Å². The molecule has 1 aromatic carbocycles. The van der Waals surface area contributed by atoms with Gasteiger partial charge in [0.15, 0.2) is 9.84 Å². The molecule has 6 heteroatoms. The lowest BCUT2D eigenvalue weighted by Crippen LogP contribution is -2.26. The van der Waals surface area contributed by atoms with Crippen LogP contribution in [0, 0.1) is 0 Å². The van der Waals surface area contributed by atoms with Gasteiger partial charge in [-0.2, -0.15) is 11.3 Å². The molecule has 0 unspecified atom stereocenters. The molecule has 0 saturated heterocycles. The van der Waals surface area contributed by atoms with Gasteiger partial charge in [-0.05, 0) is 40.1 Å². The Labute approximate surface area is 129 Å². The lowest BCUT2D eigenvalue weighted by atomic mass is 10.1. The van der Waals surface area contributed by atoms with Gasteiger partial charge in [0.2, 0.25) is 0 Å². The van der Waals surface area contributed by atoms with Crippen LogP contribution in [0.2, 0.25) is 0 Å². The number of sulfone groups is 1. The van der Waals surface area contributed by atoms with Crippen molar-refractivity contribution in [3.63, 3.8) is 0 Å². The second kappa shape index (κ2) is 6.41. The second-order valence-electron chi connectivity index (χ2n) is 5.06. The van der Waals surface area contributed by atoms with Gasteiger partial charge in [0, 0.05) is 25.4 Å². The Kier molecular flexibility index (Phi) is 4.80. The van der Waals surface area contributed by atoms with Crippen LogP contribution in [0.1, 0.15) is 21.5 Å². The van der Waals surface area contributed by atoms with Crippen molar-refractivity contribution in [3.8, 4) is 0 Å². The smallest absolute Gasteiger partial charge is 0.253 e. The Bertz CT molecular complexity index is 721. The first-order chi connectivity index (χ1) is 9.85. The van der Waals surface area contributed by atoms with Gasteiger partial charge in [0.1, 0.15) is 0 Å². The zero-order valence-corrected chi connectivity index (χ0v) is 13.6. The van der Waals surface area contributed by atoms with Crippen molar-refractivity contribution in [2.75, 3.05) is 13.3 Å². The first kappa shape index (κ1) is 15.7. The molecule has 21 heavy (non-hydrogen) atoms. The Morgan fingerprint density at radius 1 is 1.24 bits per heavy atom. The Morgan fingerprint density at radius 3 is 2.62 bits per heavy atom. The van der Waals surface area contributed by atoms with Gasteiger partial charge in [-0.15, -0.1) is 0 Å². The van der Waals surface area contributed by atoms with E-state index in [1.54, 1.807) is 47.5 Å². The minimum atomic E-state index is -3.10. The predicted octanol–water partition coefficient (Wildman–Crippen LogP) is 2.56. The van der Waals surface area contributed by atoms with Crippen molar-refractivity contribution in [3.05, 3.63) is 57.8 Å². The summed E-state index contributed by atoms with van der Waals surface area (Å²) in [5.74, 6) is -0.168. The third kappa shape index (κ3) is 4.68. The molecule has 1 heterocycles. The SMILES string of the molecule is CN(Cc1ccsc1)C(=O)c1cccc(CS(C)(=O)=O)c1. The molecule has 0 aliphatic heterocycles. The molecule has 0 atom stereocenters. The van der Waals surface area contributed by atoms with Gasteiger partial charge < -0.3 is 4.90 Å². The number of benzene rings is 1. The molecule has 4 nitrogen and oxygen atoms in total. The van der Waals surface area contributed by atoms with Crippen LogP contribution in [0.4, 0.5) is 0 Å². The molecule has 112 valence electrons. The van der Waals surface area contributed by atoms with Gasteiger partial charge in [-0.25, -0.2) is 8.42 Å². The number of thiophene rings is 1. The van der Waals surface area contributed by atoms with Gasteiger partial charge in [0.05, 0.1) is 5.75 Å². The van der Waals surface area contributed by atoms with E-state index in [4.69, 9.17) is 0 Å². The monoisotopic (exact) mass is 323 g/mol. The molecule has 2 rings (SSSR count). The van der Waals surface area contributed by atoms with Crippen molar-refractivity contribution in [2.45, 2.75) is 12.3 Å². The number of nitrogens with zero attached hydrogens (tertiary/aromatic N) is 1. The van der Waals surface area contributed by atoms with Gasteiger partial charge >= 0.3 is 0 Å². The van der Waals surface area contributed by atoms with Crippen molar-refractivity contribution < 1.29 is 13.2 Å². The van der Waals surface area contributed by atoms with E-state index in [9.17, 15) is 13.2 Å². The highest BCUT2D eigenvalue weighted by Gasteiger charge is 2.13. The summed E-state index contributed by atoms with van der Waals surface area (Å²) in [5.41, 5.74) is 2.23. The number of hydrogen-bond donors (Lipinski definition) is 0. The zero-order chi connectivity index (χ0) is 15.5. The maximum Gasteiger partial charge on any atom is 0.253 e. The third-order valence-electron chi connectivity index (χ3n) is 2.95. The number of amides is 1. The molecular weight excluding hydrogens is 306 g/mol. The van der Waals surface area contributed by atoms with E-state index in [2.05, 4.69) is 0 Å². The zero-order valence-electron chi connectivity index (χ0n) is 11.9. The van der Waals surface area contributed by atoms with Crippen LogP contribution >= 0.6 is 11.3 Å². The maximum absolute atomic E-state index is 12.4. The Hall–Kier alpha value is -1.66. The van der Waals surface area contributed by atoms with Crippen LogP contribution in [0.3, 0.4) is 0 Å². The van der Waals surface area contributed by atoms with Crippen molar-refractivity contribution in [1.29, 1.82) is 0 Å². The van der Waals surface area contributed by atoms with Crippen molar-refractivity contribution >= 4 is 27.1 Å². The van der Waals surface area contributed by atoms with Gasteiger partial charge in [-0.3, -0.25) is 4.79 Å². The number of carbonyl (C=O) groups excluding carboxylic acids is 1. The van der Waals surface area contributed by atoms with Crippen LogP contribution in [-0.4, -0.2) is 32.5 Å². The molecule has 0 aliphatic rings. The predicted molar refractivity (Wildman–Crippen MR) is 85.1 cm³/mol. The van der Waals surface area contributed by atoms with Crippen LogP contribution in [0.15, 0.2) is 41.1 Å². The highest BCUT2D eigenvalue weighted by molar-refractivity contribution is 7.89. The molecule has 0 aliphatic carbocycles. The summed E-state index contributed by atoms with van der Waals surface area (Å²) in [4.78, 5) is 14.0. The lowest BCUT2D eigenvalue weighted by molar-refractivity contribution is 0.0785. The highest BCUT2D eigenvalue weighted by atomic mass is 32.2. The molecule has 2 aromatic rings. The van der Waals surface area contributed by atoms with E-state index in [1.165, 1.54) is 6.26 Å². The van der Waals surface area contributed by atoms with E-state index in [0.29, 0.717) is 17.7 Å². The average molecular weight is 323 g/mol. The fraction of sp³-hybridized carbons (Fsp3) is 0.267. The Balaban J connectivity index is 2.13. The highest BCUT2D eigenvalue weighted by Crippen LogP contribution is 2.13. The quantitative estimate of drug-likeness (QED) is 0.850. The van der Waals surface area contributed by atoms with Crippen molar-refractivity contribution in [1.82, 2.24) is 4.90 Å². The standard InChI is InChI=1S/C15H17NO3S2/c1-16(9-13-6-7-20-10-13)15(17)14-5-3-4-12(8-14)11-21(2,18)19/h3-8,10H,9,11H2,1-2H3. The molecule has 0 radical (unpaired) electrons. The van der Waals surface area contributed by atoms with E-state index < -0.39 is 9.84 Å². The summed E-state index contributed by atoms with van der Waals surface area (Å²) >= 11 is 1.59. The first-order valence-corrected chi connectivity index (χ1v) is 9.39. The van der Waals surface area contributed by atoms with Crippen LogP contribution in [0.5, 0.6) is 0 Å². The summed E-state index contributed by atoms with van der Waals surface area (Å²) in [6.07, 6.45) is 1.18. The largest absolute Gasteiger partial charge is 0.337 e. The van der Waals surface area contributed by atoms with E-state index in [-0.39, 0.29) is 11.7 Å². The molecule has 0 bridgehead atoms. The summed E-state index contributed by atoms with van der Waals surface area (Å²) in [6.45, 7) is 0.540. The summed E-state index contributed by atoms with van der Waals surface area (Å²) in [7, 11) is -1.37.